The summed E-state index contributed by atoms with van der Waals surface area (Å²) < 4.78 is 0. The highest BCUT2D eigenvalue weighted by molar-refractivity contribution is 6.07. The van der Waals surface area contributed by atoms with Crippen molar-refractivity contribution in [3.63, 3.8) is 0 Å². The Kier molecular flexibility index (Phi) is 7.33. The van der Waals surface area contributed by atoms with Crippen molar-refractivity contribution >= 4 is 35.7 Å². The Morgan fingerprint density at radius 1 is 0.739 bits per heavy atom. The van der Waals surface area contributed by atoms with Gasteiger partial charge in [-0.05, 0) is 19.9 Å². The van der Waals surface area contributed by atoms with E-state index in [1.807, 2.05) is 0 Å². The molecule has 126 valence electrons. The second-order valence-corrected chi connectivity index (χ2v) is 4.31. The number of phenolic OH excluding ortho intramolecular Hbond substituents is 2. The molecule has 0 atom stereocenters. The van der Waals surface area contributed by atoms with Gasteiger partial charge in [0.05, 0.1) is 11.4 Å². The molecule has 1 aromatic carbocycles. The molecule has 0 saturated carbocycles. The molecule has 1 aromatic rings. The molecule has 0 fully saturated rings. The van der Waals surface area contributed by atoms with Gasteiger partial charge in [0.2, 0.25) is 11.9 Å². The Morgan fingerprint density at radius 2 is 1.09 bits per heavy atom. The van der Waals surface area contributed by atoms with E-state index in [1.165, 1.54) is 6.07 Å². The van der Waals surface area contributed by atoms with E-state index in [0.29, 0.717) is 22.6 Å². The molecule has 0 amide bonds. The molecule has 0 radical (unpaired) electrons. The number of hydrogen-bond donors (Lipinski definition) is 6. The molecule has 1 rings (SSSR count). The fourth-order valence-electron chi connectivity index (χ4n) is 1.53. The number of guanidine groups is 2. The molecule has 0 aliphatic rings. The molecule has 0 bridgehead atoms. The SMILES string of the molecule is C/C(=N\N=C(N)N)c1cc(/C(C)=N/N=C(N)N)c(O)cc1O.Cl. The van der Waals surface area contributed by atoms with Crippen molar-refractivity contribution in [1.29, 1.82) is 0 Å². The fraction of sp³-hybridized carbons (Fsp3) is 0.167. The van der Waals surface area contributed by atoms with Crippen LogP contribution in [0.1, 0.15) is 25.0 Å². The summed E-state index contributed by atoms with van der Waals surface area (Å²) in [6.45, 7) is 3.18. The summed E-state index contributed by atoms with van der Waals surface area (Å²) in [4.78, 5) is 0. The van der Waals surface area contributed by atoms with E-state index in [2.05, 4.69) is 20.4 Å². The molecule has 0 heterocycles. The molecule has 23 heavy (non-hydrogen) atoms. The van der Waals surface area contributed by atoms with Crippen molar-refractivity contribution in [2.45, 2.75) is 13.8 Å². The van der Waals surface area contributed by atoms with Gasteiger partial charge >= 0.3 is 0 Å². The van der Waals surface area contributed by atoms with Gasteiger partial charge in [0.25, 0.3) is 0 Å². The first-order chi connectivity index (χ1) is 10.2. The van der Waals surface area contributed by atoms with Crippen LogP contribution in [0.5, 0.6) is 11.5 Å². The van der Waals surface area contributed by atoms with Crippen molar-refractivity contribution < 1.29 is 10.2 Å². The Balaban J connectivity index is 0.00000484. The molecule has 0 saturated heterocycles. The van der Waals surface area contributed by atoms with Crippen molar-refractivity contribution in [2.24, 2.45) is 43.3 Å². The highest BCUT2D eigenvalue weighted by Crippen LogP contribution is 2.28. The standard InChI is InChI=1S/C12H18N8O2.ClH/c1-5(17-19-11(13)14)7-3-8(10(22)4-9(7)21)6(2)18-20-12(15)16;/h3-4,21-22H,1-2H3,(H4,13,14,19)(H4,15,16,20);1H/b17-5+,18-6+;. The molecule has 10 N–H and O–H groups in total. The largest absolute Gasteiger partial charge is 0.507 e. The molecule has 0 unspecified atom stereocenters. The lowest BCUT2D eigenvalue weighted by molar-refractivity contribution is 0.449. The Bertz CT molecular complexity index is 633. The second kappa shape index (κ2) is 8.44. The first kappa shape index (κ1) is 20.0. The van der Waals surface area contributed by atoms with E-state index < -0.39 is 0 Å². The topological polar surface area (TPSA) is 194 Å². The monoisotopic (exact) mass is 342 g/mol. The van der Waals surface area contributed by atoms with Gasteiger partial charge in [-0.1, -0.05) is 0 Å². The van der Waals surface area contributed by atoms with Crippen LogP contribution in [0.2, 0.25) is 0 Å². The van der Waals surface area contributed by atoms with Gasteiger partial charge in [-0.15, -0.1) is 22.6 Å². The summed E-state index contributed by atoms with van der Waals surface area (Å²) in [5, 5.41) is 34.3. The van der Waals surface area contributed by atoms with Crippen molar-refractivity contribution in [3.05, 3.63) is 23.3 Å². The van der Waals surface area contributed by atoms with E-state index >= 15 is 0 Å². The van der Waals surface area contributed by atoms with Crippen LogP contribution in [-0.4, -0.2) is 33.6 Å². The van der Waals surface area contributed by atoms with Crippen LogP contribution in [0.3, 0.4) is 0 Å². The molecule has 11 heteroatoms. The van der Waals surface area contributed by atoms with E-state index in [1.54, 1.807) is 13.8 Å². The quantitative estimate of drug-likeness (QED) is 0.242. The zero-order valence-corrected chi connectivity index (χ0v) is 13.4. The predicted molar refractivity (Wildman–Crippen MR) is 93.1 cm³/mol. The molecule has 10 nitrogen and oxygen atoms in total. The number of benzene rings is 1. The average Bonchev–Trinajstić information content (AvgIpc) is 2.42. The minimum atomic E-state index is -0.219. The number of halogens is 1. The smallest absolute Gasteiger partial charge is 0.211 e. The fourth-order valence-corrected chi connectivity index (χ4v) is 1.53. The number of phenols is 2. The molecular weight excluding hydrogens is 324 g/mol. The minimum absolute atomic E-state index is 0. The molecule has 0 aliphatic heterocycles. The Morgan fingerprint density at radius 3 is 1.39 bits per heavy atom. The van der Waals surface area contributed by atoms with Gasteiger partial charge < -0.3 is 33.1 Å². The number of nitrogens with zero attached hydrogens (tertiary/aromatic N) is 4. The first-order valence-electron chi connectivity index (χ1n) is 6.05. The third kappa shape index (κ3) is 5.71. The molecule has 0 aromatic heterocycles. The molecular formula is C12H19ClN8O2. The summed E-state index contributed by atoms with van der Waals surface area (Å²) in [5.41, 5.74) is 22.1. The Labute approximate surface area is 138 Å². The van der Waals surface area contributed by atoms with Crippen molar-refractivity contribution in [1.82, 2.24) is 0 Å². The van der Waals surface area contributed by atoms with Crippen LogP contribution in [0.15, 0.2) is 32.5 Å². The van der Waals surface area contributed by atoms with Crippen molar-refractivity contribution in [3.8, 4) is 11.5 Å². The summed E-state index contributed by atoms with van der Waals surface area (Å²) in [6.07, 6.45) is 0. The Hall–Kier alpha value is -3.01. The van der Waals surface area contributed by atoms with Gasteiger partial charge in [0, 0.05) is 17.2 Å². The summed E-state index contributed by atoms with van der Waals surface area (Å²) in [5.74, 6) is -0.822. The lowest BCUT2D eigenvalue weighted by Crippen LogP contribution is -2.22. The third-order valence-corrected chi connectivity index (χ3v) is 2.52. The van der Waals surface area contributed by atoms with Gasteiger partial charge in [0.1, 0.15) is 11.5 Å². The summed E-state index contributed by atoms with van der Waals surface area (Å²) in [7, 11) is 0. The van der Waals surface area contributed by atoms with Gasteiger partial charge in [-0.3, -0.25) is 0 Å². The maximum Gasteiger partial charge on any atom is 0.211 e. The molecule has 0 spiro atoms. The van der Waals surface area contributed by atoms with Crippen LogP contribution in [-0.2, 0) is 0 Å². The lowest BCUT2D eigenvalue weighted by atomic mass is 10.0. The maximum atomic E-state index is 9.89. The number of rotatable bonds is 4. The average molecular weight is 343 g/mol. The number of aromatic hydroxyl groups is 2. The normalized spacial score (nSPS) is 11.4. The zero-order valence-electron chi connectivity index (χ0n) is 12.6. The van der Waals surface area contributed by atoms with Crippen LogP contribution < -0.4 is 22.9 Å². The van der Waals surface area contributed by atoms with E-state index in [0.717, 1.165) is 6.07 Å². The highest BCUT2D eigenvalue weighted by Gasteiger charge is 2.13. The van der Waals surface area contributed by atoms with Crippen LogP contribution in [0.25, 0.3) is 0 Å². The van der Waals surface area contributed by atoms with Gasteiger partial charge in [-0.2, -0.15) is 10.2 Å². The van der Waals surface area contributed by atoms with E-state index in [-0.39, 0.29) is 35.8 Å². The third-order valence-electron chi connectivity index (χ3n) is 2.52. The maximum absolute atomic E-state index is 9.89. The minimum Gasteiger partial charge on any atom is -0.507 e. The van der Waals surface area contributed by atoms with Gasteiger partial charge in [0.15, 0.2) is 0 Å². The van der Waals surface area contributed by atoms with E-state index in [4.69, 9.17) is 22.9 Å². The summed E-state index contributed by atoms with van der Waals surface area (Å²) >= 11 is 0. The van der Waals surface area contributed by atoms with Crippen LogP contribution in [0.4, 0.5) is 0 Å². The second-order valence-electron chi connectivity index (χ2n) is 4.31. The van der Waals surface area contributed by atoms with Crippen LogP contribution in [0, 0.1) is 0 Å². The first-order valence-corrected chi connectivity index (χ1v) is 6.05. The highest BCUT2D eigenvalue weighted by atomic mass is 35.5. The summed E-state index contributed by atoms with van der Waals surface area (Å²) in [6, 6.07) is 2.61. The molecule has 0 aliphatic carbocycles. The predicted octanol–water partition coefficient (Wildman–Crippen LogP) is -0.486. The number of hydrogen-bond acceptors (Lipinski definition) is 6. The van der Waals surface area contributed by atoms with E-state index in [9.17, 15) is 10.2 Å². The number of nitrogens with two attached hydrogens (primary N) is 4. The van der Waals surface area contributed by atoms with Crippen molar-refractivity contribution in [2.75, 3.05) is 0 Å². The van der Waals surface area contributed by atoms with Crippen LogP contribution >= 0.6 is 12.4 Å². The zero-order chi connectivity index (χ0) is 16.9. The van der Waals surface area contributed by atoms with Gasteiger partial charge in [-0.25, -0.2) is 0 Å². The lowest BCUT2D eigenvalue weighted by Gasteiger charge is -2.09.